The fourth-order valence-corrected chi connectivity index (χ4v) is 0.842. The second kappa shape index (κ2) is 6.76. The van der Waals surface area contributed by atoms with Crippen LogP contribution in [0.4, 0.5) is 0 Å². The van der Waals surface area contributed by atoms with E-state index < -0.39 is 23.4 Å². The van der Waals surface area contributed by atoms with Crippen LogP contribution in [0.2, 0.25) is 0 Å². The van der Waals surface area contributed by atoms with Gasteiger partial charge in [-0.15, -0.1) is 0 Å². The summed E-state index contributed by atoms with van der Waals surface area (Å²) < 4.78 is 29.0. The van der Waals surface area contributed by atoms with Crippen molar-refractivity contribution >= 4 is 17.3 Å². The first-order valence-electron chi connectivity index (χ1n) is 3.65. The monoisotopic (exact) mass is 207 g/mol. The SMILES string of the molecule is C=CC(=O)OC(CC)COS(=O)[O-]. The molecule has 0 aromatic heterocycles. The topological polar surface area (TPSA) is 75.7 Å². The van der Waals surface area contributed by atoms with E-state index >= 15 is 0 Å². The Balaban J connectivity index is 3.81. The molecule has 76 valence electrons. The summed E-state index contributed by atoms with van der Waals surface area (Å²) in [6.07, 6.45) is 0.941. The molecular weight excluding hydrogens is 196 g/mol. The summed E-state index contributed by atoms with van der Waals surface area (Å²) >= 11 is -2.57. The van der Waals surface area contributed by atoms with Crippen LogP contribution in [0.5, 0.6) is 0 Å². The Morgan fingerprint density at radius 2 is 2.38 bits per heavy atom. The maximum atomic E-state index is 10.7. The number of ether oxygens (including phenoxy) is 1. The summed E-state index contributed by atoms with van der Waals surface area (Å²) in [6, 6.07) is 0. The fraction of sp³-hybridized carbons (Fsp3) is 0.571. The fourth-order valence-electron chi connectivity index (χ4n) is 0.579. The Bertz CT molecular complexity index is 203. The van der Waals surface area contributed by atoms with Crippen LogP contribution < -0.4 is 0 Å². The Hall–Kier alpha value is -0.720. The molecule has 2 unspecified atom stereocenters. The van der Waals surface area contributed by atoms with Gasteiger partial charge in [-0.3, -0.25) is 4.18 Å². The Morgan fingerprint density at radius 1 is 1.77 bits per heavy atom. The normalized spacial score (nSPS) is 14.6. The van der Waals surface area contributed by atoms with Crippen LogP contribution in [-0.2, 0) is 25.1 Å². The molecule has 5 nitrogen and oxygen atoms in total. The maximum absolute atomic E-state index is 10.7. The molecule has 0 spiro atoms. The lowest BCUT2D eigenvalue weighted by atomic mass is 10.3. The van der Waals surface area contributed by atoms with Gasteiger partial charge in [0.15, 0.2) is 0 Å². The molecule has 0 N–H and O–H groups in total. The van der Waals surface area contributed by atoms with Crippen LogP contribution in [0.3, 0.4) is 0 Å². The average Bonchev–Trinajstić information content (AvgIpc) is 2.11. The van der Waals surface area contributed by atoms with Crippen molar-refractivity contribution in [2.24, 2.45) is 0 Å². The molecule has 0 aromatic rings. The van der Waals surface area contributed by atoms with Gasteiger partial charge in [-0.1, -0.05) is 13.5 Å². The van der Waals surface area contributed by atoms with E-state index in [1.165, 1.54) is 0 Å². The lowest BCUT2D eigenvalue weighted by molar-refractivity contribution is -0.144. The minimum absolute atomic E-state index is 0.161. The molecule has 0 amide bonds. The van der Waals surface area contributed by atoms with Crippen LogP contribution in [0.15, 0.2) is 12.7 Å². The van der Waals surface area contributed by atoms with Crippen molar-refractivity contribution in [3.63, 3.8) is 0 Å². The van der Waals surface area contributed by atoms with Crippen LogP contribution >= 0.6 is 0 Å². The first-order chi connectivity index (χ1) is 6.10. The first kappa shape index (κ1) is 12.3. The highest BCUT2D eigenvalue weighted by molar-refractivity contribution is 7.74. The zero-order valence-corrected chi connectivity index (χ0v) is 8.04. The van der Waals surface area contributed by atoms with Crippen molar-refractivity contribution in [2.45, 2.75) is 19.4 Å². The highest BCUT2D eigenvalue weighted by Crippen LogP contribution is 2.00. The summed E-state index contributed by atoms with van der Waals surface area (Å²) in [4.78, 5) is 10.7. The minimum Gasteiger partial charge on any atom is -0.750 e. The van der Waals surface area contributed by atoms with Gasteiger partial charge in [0, 0.05) is 6.08 Å². The molecule has 0 saturated carbocycles. The number of carbonyl (C=O) groups is 1. The predicted octanol–water partition coefficient (Wildman–Crippen LogP) is 0.305. The molecule has 0 rings (SSSR count). The van der Waals surface area contributed by atoms with Crippen LogP contribution in [0, 0.1) is 0 Å². The van der Waals surface area contributed by atoms with E-state index in [2.05, 4.69) is 10.8 Å². The number of hydrogen-bond acceptors (Lipinski definition) is 5. The Labute approximate surface area is 79.2 Å². The van der Waals surface area contributed by atoms with Gasteiger partial charge in [-0.2, -0.15) is 0 Å². The van der Waals surface area contributed by atoms with Gasteiger partial charge in [-0.25, -0.2) is 9.00 Å². The zero-order chi connectivity index (χ0) is 10.3. The van der Waals surface area contributed by atoms with Crippen molar-refractivity contribution in [1.82, 2.24) is 0 Å². The number of hydrogen-bond donors (Lipinski definition) is 0. The lowest BCUT2D eigenvalue weighted by Gasteiger charge is -2.15. The van der Waals surface area contributed by atoms with Gasteiger partial charge in [0.25, 0.3) is 0 Å². The maximum Gasteiger partial charge on any atom is 0.330 e. The number of rotatable bonds is 6. The Morgan fingerprint density at radius 3 is 2.77 bits per heavy atom. The van der Waals surface area contributed by atoms with Gasteiger partial charge in [0.1, 0.15) is 6.10 Å². The van der Waals surface area contributed by atoms with Crippen molar-refractivity contribution < 1.29 is 22.5 Å². The third kappa shape index (κ3) is 6.44. The summed E-state index contributed by atoms with van der Waals surface area (Å²) in [7, 11) is 0. The van der Waals surface area contributed by atoms with Crippen LogP contribution in [0.25, 0.3) is 0 Å². The molecular formula is C7H11O5S-. The largest absolute Gasteiger partial charge is 0.750 e. The third-order valence-corrected chi connectivity index (χ3v) is 1.58. The summed E-state index contributed by atoms with van der Waals surface area (Å²) in [5, 5.41) is 0. The molecule has 0 bridgehead atoms. The van der Waals surface area contributed by atoms with Crippen molar-refractivity contribution in [3.05, 3.63) is 12.7 Å². The molecule has 0 aliphatic carbocycles. The summed E-state index contributed by atoms with van der Waals surface area (Å²) in [5.41, 5.74) is 0. The number of carbonyl (C=O) groups excluding carboxylic acids is 1. The van der Waals surface area contributed by atoms with Crippen LogP contribution in [-0.4, -0.2) is 27.4 Å². The molecule has 0 heterocycles. The Kier molecular flexibility index (Phi) is 6.38. The predicted molar refractivity (Wildman–Crippen MR) is 45.2 cm³/mol. The van der Waals surface area contributed by atoms with E-state index in [0.29, 0.717) is 6.42 Å². The zero-order valence-electron chi connectivity index (χ0n) is 7.23. The van der Waals surface area contributed by atoms with E-state index in [0.717, 1.165) is 6.08 Å². The van der Waals surface area contributed by atoms with Gasteiger partial charge in [-0.05, 0) is 6.42 Å². The highest BCUT2D eigenvalue weighted by atomic mass is 32.2. The average molecular weight is 207 g/mol. The summed E-state index contributed by atoms with van der Waals surface area (Å²) in [5.74, 6) is -0.591. The third-order valence-electron chi connectivity index (χ3n) is 1.25. The molecule has 0 fully saturated rings. The van der Waals surface area contributed by atoms with E-state index in [1.54, 1.807) is 6.92 Å². The van der Waals surface area contributed by atoms with E-state index in [4.69, 9.17) is 4.74 Å². The molecule has 6 heteroatoms. The second-order valence-electron chi connectivity index (χ2n) is 2.16. The molecule has 0 saturated heterocycles. The van der Waals surface area contributed by atoms with Crippen LogP contribution in [0.1, 0.15) is 13.3 Å². The van der Waals surface area contributed by atoms with Crippen molar-refractivity contribution in [3.8, 4) is 0 Å². The van der Waals surface area contributed by atoms with Gasteiger partial charge in [0.05, 0.1) is 18.0 Å². The lowest BCUT2D eigenvalue weighted by Crippen LogP contribution is -2.22. The van der Waals surface area contributed by atoms with Gasteiger partial charge < -0.3 is 9.29 Å². The van der Waals surface area contributed by atoms with Gasteiger partial charge in [0.2, 0.25) is 0 Å². The van der Waals surface area contributed by atoms with E-state index in [-0.39, 0.29) is 6.61 Å². The summed E-state index contributed by atoms with van der Waals surface area (Å²) in [6.45, 7) is 4.79. The van der Waals surface area contributed by atoms with E-state index in [9.17, 15) is 13.6 Å². The molecule has 0 radical (unpaired) electrons. The second-order valence-corrected chi connectivity index (χ2v) is 2.80. The molecule has 0 aliphatic rings. The standard InChI is InChI=1S/C7H12O5S/c1-3-6(5-11-13(9)10)12-7(8)4-2/h4,6H,2-3,5H2,1H3,(H,9,10)/p-1. The first-order valence-corrected chi connectivity index (χ1v) is 4.65. The van der Waals surface area contributed by atoms with E-state index in [1.807, 2.05) is 0 Å². The molecule has 0 aromatic carbocycles. The van der Waals surface area contributed by atoms with Crippen molar-refractivity contribution in [2.75, 3.05) is 6.61 Å². The smallest absolute Gasteiger partial charge is 0.330 e. The molecule has 0 aliphatic heterocycles. The molecule has 13 heavy (non-hydrogen) atoms. The highest BCUT2D eigenvalue weighted by Gasteiger charge is 2.10. The number of esters is 1. The van der Waals surface area contributed by atoms with Gasteiger partial charge >= 0.3 is 5.97 Å². The van der Waals surface area contributed by atoms with Crippen molar-refractivity contribution in [1.29, 1.82) is 0 Å². The quantitative estimate of drug-likeness (QED) is 0.356. The minimum atomic E-state index is -2.57. The molecule has 2 atom stereocenters.